The second-order valence-corrected chi connectivity index (χ2v) is 22.9. The molecule has 13 rings (SSSR count). The first-order valence-corrected chi connectivity index (χ1v) is 27.7. The van der Waals surface area contributed by atoms with Crippen LogP contribution in [-0.2, 0) is 45.6 Å². The summed E-state index contributed by atoms with van der Waals surface area (Å²) in [5, 5.41) is 55.4. The number of aromatic nitrogens is 7. The number of aliphatic hydroxyl groups excluding tert-OH is 1. The maximum atomic E-state index is 15.0. The minimum atomic E-state index is -4.73. The molecule has 17 nitrogen and oxygen atoms in total. The first-order valence-electron chi connectivity index (χ1n) is 27.7. The van der Waals surface area contributed by atoms with E-state index in [2.05, 4.69) is 53.1 Å². The van der Waals surface area contributed by atoms with Gasteiger partial charge in [-0.15, -0.1) is 20.4 Å². The van der Waals surface area contributed by atoms with E-state index >= 15 is 0 Å². The van der Waals surface area contributed by atoms with Crippen molar-refractivity contribution in [3.8, 4) is 57.2 Å². The number of aliphatic hydroxyl groups is 1. The normalized spacial score (nSPS) is 17.0. The summed E-state index contributed by atoms with van der Waals surface area (Å²) in [6, 6.07) is 27.6. The number of nitrogens with one attached hydrogen (secondary N) is 2. The minimum absolute atomic E-state index is 0.00182. The molecule has 2 amide bonds. The molecular formula is C62H52F6N14O3. The lowest BCUT2D eigenvalue weighted by atomic mass is 9.95. The molecule has 1 spiro atoms. The number of amides is 2. The Hall–Kier alpha value is -9.45. The quantitative estimate of drug-likeness (QED) is 0.0770. The molecule has 3 aromatic heterocycles. The highest BCUT2D eigenvalue weighted by atomic mass is 19.4. The molecule has 6 heterocycles. The van der Waals surface area contributed by atoms with Crippen LogP contribution in [-0.4, -0.2) is 87.6 Å². The predicted octanol–water partition coefficient (Wildman–Crippen LogP) is 11.0. The summed E-state index contributed by atoms with van der Waals surface area (Å²) in [6.45, 7) is 0.995. The molecule has 8 aromatic rings. The van der Waals surface area contributed by atoms with E-state index in [-0.39, 0.29) is 66.0 Å². The third kappa shape index (κ3) is 10.5. The molecule has 2 aliphatic carbocycles. The number of hydrogen-bond acceptors (Lipinski definition) is 13. The Morgan fingerprint density at radius 3 is 2.07 bits per heavy atom. The van der Waals surface area contributed by atoms with Crippen LogP contribution in [0.4, 0.5) is 49.1 Å². The van der Waals surface area contributed by atoms with Crippen molar-refractivity contribution < 1.29 is 41.0 Å². The highest BCUT2D eigenvalue weighted by Crippen LogP contribution is 2.53. The van der Waals surface area contributed by atoms with Crippen molar-refractivity contribution in [3.05, 3.63) is 161 Å². The number of aryl methyl sites for hydroxylation is 1. The highest BCUT2D eigenvalue weighted by Gasteiger charge is 2.48. The number of hydrogen-bond donors (Lipinski definition) is 3. The molecule has 1 unspecified atom stereocenters. The van der Waals surface area contributed by atoms with E-state index in [9.17, 15) is 51.6 Å². The average Bonchev–Trinajstić information content (AvgIpc) is 2.16. The van der Waals surface area contributed by atoms with Gasteiger partial charge in [0.2, 0.25) is 0 Å². The number of nitrogens with zero attached hydrogens (tertiary/aromatic N) is 12. The van der Waals surface area contributed by atoms with Crippen molar-refractivity contribution in [3.63, 3.8) is 0 Å². The van der Waals surface area contributed by atoms with Crippen LogP contribution in [0.1, 0.15) is 92.6 Å². The lowest BCUT2D eigenvalue weighted by molar-refractivity contribution is -0.139. The molecule has 3 fully saturated rings. The van der Waals surface area contributed by atoms with Crippen LogP contribution < -0.4 is 20.4 Å². The van der Waals surface area contributed by atoms with E-state index in [1.54, 1.807) is 89.2 Å². The molecular weight excluding hydrogens is 1100 g/mol. The number of nitriles is 2. The van der Waals surface area contributed by atoms with Crippen LogP contribution in [0.5, 0.6) is 0 Å². The van der Waals surface area contributed by atoms with Gasteiger partial charge in [0, 0.05) is 89.6 Å². The number of alkyl halides is 6. The molecule has 3 aliphatic heterocycles. The fourth-order valence-electron chi connectivity index (χ4n) is 12.3. The van der Waals surface area contributed by atoms with Gasteiger partial charge in [0.15, 0.2) is 11.6 Å². The number of carbonyl (C=O) groups excluding carboxylic acids is 2. The summed E-state index contributed by atoms with van der Waals surface area (Å²) in [5.74, 6) is -0.464. The van der Waals surface area contributed by atoms with Gasteiger partial charge in [-0.2, -0.15) is 36.9 Å². The van der Waals surface area contributed by atoms with Gasteiger partial charge in [-0.3, -0.25) is 19.5 Å². The summed E-state index contributed by atoms with van der Waals surface area (Å²) in [6.07, 6.45) is 0.326. The standard InChI is InChI=1S/C62H52F6N14O3/c1-78-34-73-76-55(78)45-6-5-36(26-70)17-48(45)38-20-40(24-42(22-38)81-31-51-47(57(81)84)3-2-4-53(51)61(63,64)65)72-27-44(83)30-80-35-74-77-56(80)46-7-15-71-28-50(46)39-21-41(75-60(10-11-60)12-14-69)25-43(23-39)82-32-52-49(58(82)85)18-37(19-54(52)62(66,67)68)29-79-16-13-59(33-79)8-9-59/h2-7,15,17-25,28,34-35,44,72,75,83H,8-13,16,27,29-33H2,1H3. The zero-order valence-electron chi connectivity index (χ0n) is 45.6. The monoisotopic (exact) mass is 1150 g/mol. The number of pyridine rings is 1. The zero-order valence-corrected chi connectivity index (χ0v) is 45.6. The fourth-order valence-corrected chi connectivity index (χ4v) is 12.3. The minimum Gasteiger partial charge on any atom is -0.389 e. The Morgan fingerprint density at radius 2 is 1.39 bits per heavy atom. The van der Waals surface area contributed by atoms with Crippen molar-refractivity contribution in [2.45, 2.75) is 88.7 Å². The second kappa shape index (κ2) is 20.7. The Balaban J connectivity index is 0.805. The van der Waals surface area contributed by atoms with E-state index < -0.39 is 46.9 Å². The Kier molecular flexibility index (Phi) is 13.3. The van der Waals surface area contributed by atoms with Crippen LogP contribution in [0.15, 0.2) is 116 Å². The summed E-state index contributed by atoms with van der Waals surface area (Å²) in [5.41, 5.74) is 2.85. The number of benzene rings is 5. The highest BCUT2D eigenvalue weighted by molar-refractivity contribution is 6.12. The summed E-state index contributed by atoms with van der Waals surface area (Å²) in [4.78, 5) is 37.8. The molecule has 1 atom stereocenters. The van der Waals surface area contributed by atoms with Crippen molar-refractivity contribution in [1.29, 1.82) is 10.5 Å². The van der Waals surface area contributed by atoms with Crippen LogP contribution >= 0.6 is 0 Å². The van der Waals surface area contributed by atoms with Crippen molar-refractivity contribution in [2.75, 3.05) is 40.1 Å². The number of carbonyl (C=O) groups is 2. The SMILES string of the molecule is Cn1cnnc1-c1ccc(C#N)cc1-c1cc(NCC(O)Cn2cnnc2-c2ccncc2-c2cc(NC3(CC#N)CC3)cc(N3Cc4c(cc(CN5CCC6(CC6)C5)cc4C(F)(F)F)C3=O)c2)cc(N2Cc3c(cccc3C(F)(F)F)C2=O)c1. The number of likely N-dealkylation sites (tertiary alicyclic amines) is 1. The topological polar surface area (TPSA) is 210 Å². The molecule has 3 N–H and O–H groups in total. The van der Waals surface area contributed by atoms with Crippen molar-refractivity contribution >= 4 is 34.6 Å². The van der Waals surface area contributed by atoms with Gasteiger partial charge in [0.1, 0.15) is 12.7 Å². The van der Waals surface area contributed by atoms with E-state index in [4.69, 9.17) is 0 Å². The summed E-state index contributed by atoms with van der Waals surface area (Å²) < 4.78 is 91.2. The summed E-state index contributed by atoms with van der Waals surface area (Å²) >= 11 is 0. The molecule has 430 valence electrons. The van der Waals surface area contributed by atoms with Crippen LogP contribution in [0.2, 0.25) is 0 Å². The molecule has 5 aromatic carbocycles. The molecule has 23 heteroatoms. The smallest absolute Gasteiger partial charge is 0.389 e. The van der Waals surface area contributed by atoms with Crippen molar-refractivity contribution in [2.24, 2.45) is 12.5 Å². The van der Waals surface area contributed by atoms with E-state index in [0.717, 1.165) is 38.4 Å². The first kappa shape index (κ1) is 54.8. The molecule has 85 heavy (non-hydrogen) atoms. The Bertz CT molecular complexity index is 4110. The maximum Gasteiger partial charge on any atom is 0.416 e. The van der Waals surface area contributed by atoms with Crippen LogP contribution in [0.3, 0.4) is 0 Å². The average molecular weight is 1160 g/mol. The largest absolute Gasteiger partial charge is 0.416 e. The van der Waals surface area contributed by atoms with Gasteiger partial charge in [-0.1, -0.05) is 6.07 Å². The van der Waals surface area contributed by atoms with E-state index in [1.807, 2.05) is 6.07 Å². The molecule has 5 aliphatic rings. The Labute approximate surface area is 482 Å². The first-order chi connectivity index (χ1) is 40.8. The number of rotatable bonds is 16. The van der Waals surface area contributed by atoms with Crippen LogP contribution in [0.25, 0.3) is 45.0 Å². The molecule has 2 saturated carbocycles. The maximum absolute atomic E-state index is 15.0. The van der Waals surface area contributed by atoms with Crippen molar-refractivity contribution in [1.82, 2.24) is 39.4 Å². The van der Waals surface area contributed by atoms with Gasteiger partial charge in [-0.05, 0) is 162 Å². The Morgan fingerprint density at radius 1 is 0.706 bits per heavy atom. The fraction of sp³-hybridized carbons (Fsp3) is 0.306. The van der Waals surface area contributed by atoms with E-state index in [0.29, 0.717) is 92.6 Å². The van der Waals surface area contributed by atoms with Crippen LogP contribution in [0, 0.1) is 28.1 Å². The van der Waals surface area contributed by atoms with Gasteiger partial charge in [-0.25, -0.2) is 0 Å². The number of fused-ring (bicyclic) bond motifs is 2. The third-order valence-corrected chi connectivity index (χ3v) is 17.0. The second-order valence-electron chi connectivity index (χ2n) is 22.9. The lowest BCUT2D eigenvalue weighted by Crippen LogP contribution is -2.26. The van der Waals surface area contributed by atoms with Gasteiger partial charge in [0.25, 0.3) is 11.8 Å². The molecule has 0 radical (unpaired) electrons. The van der Waals surface area contributed by atoms with Gasteiger partial charge in [0.05, 0.1) is 66.5 Å². The zero-order chi connectivity index (χ0) is 59.2. The van der Waals surface area contributed by atoms with Gasteiger partial charge < -0.3 is 34.7 Å². The number of anilines is 4. The molecule has 1 saturated heterocycles. The predicted molar refractivity (Wildman–Crippen MR) is 301 cm³/mol. The third-order valence-electron chi connectivity index (χ3n) is 17.0. The van der Waals surface area contributed by atoms with Gasteiger partial charge >= 0.3 is 12.4 Å². The summed E-state index contributed by atoms with van der Waals surface area (Å²) in [7, 11) is 1.75. The number of halogens is 6. The lowest BCUT2D eigenvalue weighted by Gasteiger charge is -2.22. The molecule has 0 bridgehead atoms. The van der Waals surface area contributed by atoms with E-state index in [1.165, 1.54) is 40.7 Å².